The maximum Gasteiger partial charge on any atom is 0.323 e. The van der Waals surface area contributed by atoms with Gasteiger partial charge in [-0.2, -0.15) is 0 Å². The van der Waals surface area contributed by atoms with Crippen LogP contribution in [0.25, 0.3) is 0 Å². The van der Waals surface area contributed by atoms with Crippen LogP contribution in [0.3, 0.4) is 0 Å². The van der Waals surface area contributed by atoms with Crippen molar-refractivity contribution < 1.29 is 14.3 Å². The minimum atomic E-state index is -0.496. The summed E-state index contributed by atoms with van der Waals surface area (Å²) < 4.78 is 6.74. The number of carbonyl (C=O) groups is 2. The van der Waals surface area contributed by atoms with Crippen molar-refractivity contribution in [1.82, 2.24) is 14.9 Å². The van der Waals surface area contributed by atoms with Crippen LogP contribution in [-0.2, 0) is 13.1 Å². The Bertz CT molecular complexity index is 1810. The van der Waals surface area contributed by atoms with Gasteiger partial charge in [0.25, 0.3) is 5.91 Å². The molecule has 0 spiro atoms. The van der Waals surface area contributed by atoms with Crippen molar-refractivity contribution in [2.45, 2.75) is 19.2 Å². The van der Waals surface area contributed by atoms with Gasteiger partial charge in [-0.15, -0.1) is 0 Å². The van der Waals surface area contributed by atoms with Gasteiger partial charge in [-0.05, 0) is 65.7 Å². The molecule has 4 aromatic carbocycles. The number of ether oxygens (including phenoxy) is 1. The number of nitrogens with zero attached hydrogens (tertiary/aromatic N) is 3. The van der Waals surface area contributed by atoms with Gasteiger partial charge in [0.05, 0.1) is 30.0 Å². The van der Waals surface area contributed by atoms with Crippen LogP contribution in [0.1, 0.15) is 39.0 Å². The summed E-state index contributed by atoms with van der Waals surface area (Å²) >= 11 is 0. The lowest BCUT2D eigenvalue weighted by atomic mass is 10.0. The van der Waals surface area contributed by atoms with Gasteiger partial charge < -0.3 is 20.3 Å². The van der Waals surface area contributed by atoms with Crippen molar-refractivity contribution in [1.29, 1.82) is 0 Å². The summed E-state index contributed by atoms with van der Waals surface area (Å²) in [6, 6.07) is 44.8. The molecule has 0 atom stereocenters. The van der Waals surface area contributed by atoms with Crippen LogP contribution in [0.5, 0.6) is 5.75 Å². The van der Waals surface area contributed by atoms with E-state index in [1.165, 1.54) is 0 Å². The maximum atomic E-state index is 14.6. The van der Waals surface area contributed by atoms with E-state index in [2.05, 4.69) is 20.6 Å². The summed E-state index contributed by atoms with van der Waals surface area (Å²) in [4.78, 5) is 38.2. The number of anilines is 2. The van der Waals surface area contributed by atoms with Crippen LogP contribution < -0.4 is 15.4 Å². The molecule has 0 unspecified atom stereocenters. The molecular formula is C39H33N5O3. The Morgan fingerprint density at radius 1 is 0.596 bits per heavy atom. The van der Waals surface area contributed by atoms with E-state index in [9.17, 15) is 9.59 Å². The Labute approximate surface area is 273 Å². The fraction of sp³-hybridized carbons (Fsp3) is 0.0769. The third kappa shape index (κ3) is 8.26. The Morgan fingerprint density at radius 3 is 1.64 bits per heavy atom. The molecule has 8 nitrogen and oxygen atoms in total. The highest BCUT2D eigenvalue weighted by atomic mass is 16.5. The molecule has 8 heteroatoms. The van der Waals surface area contributed by atoms with Crippen LogP contribution in [0, 0.1) is 0 Å². The van der Waals surface area contributed by atoms with E-state index in [4.69, 9.17) is 4.74 Å². The van der Waals surface area contributed by atoms with Gasteiger partial charge >= 0.3 is 6.03 Å². The van der Waals surface area contributed by atoms with Crippen LogP contribution >= 0.6 is 0 Å². The molecule has 0 bridgehead atoms. The van der Waals surface area contributed by atoms with Crippen molar-refractivity contribution in [3.63, 3.8) is 0 Å². The average molecular weight is 620 g/mol. The zero-order valence-corrected chi connectivity index (χ0v) is 25.6. The predicted molar refractivity (Wildman–Crippen MR) is 183 cm³/mol. The molecule has 6 rings (SSSR count). The molecule has 0 aliphatic heterocycles. The maximum absolute atomic E-state index is 14.6. The van der Waals surface area contributed by atoms with Crippen molar-refractivity contribution >= 4 is 23.3 Å². The number of benzene rings is 4. The Kier molecular flexibility index (Phi) is 9.90. The first-order valence-electron chi connectivity index (χ1n) is 15.2. The van der Waals surface area contributed by atoms with E-state index in [1.807, 2.05) is 115 Å². The van der Waals surface area contributed by atoms with Gasteiger partial charge in [0.15, 0.2) is 0 Å². The molecular weight excluding hydrogens is 586 g/mol. The monoisotopic (exact) mass is 619 g/mol. The molecule has 6 aromatic rings. The number of carbonyl (C=O) groups excluding carboxylic acids is 2. The Hall–Kier alpha value is -6.28. The molecule has 2 heterocycles. The molecule has 232 valence electrons. The Morgan fingerprint density at radius 2 is 1.11 bits per heavy atom. The number of hydrogen-bond acceptors (Lipinski definition) is 5. The van der Waals surface area contributed by atoms with Gasteiger partial charge in [0, 0.05) is 23.8 Å². The number of para-hydroxylation sites is 1. The van der Waals surface area contributed by atoms with Crippen LogP contribution in [0.2, 0.25) is 0 Å². The van der Waals surface area contributed by atoms with E-state index in [1.54, 1.807) is 47.6 Å². The minimum absolute atomic E-state index is 0.239. The average Bonchev–Trinajstić information content (AvgIpc) is 3.12. The lowest BCUT2D eigenvalue weighted by Crippen LogP contribution is -2.31. The van der Waals surface area contributed by atoms with Gasteiger partial charge in [-0.3, -0.25) is 14.8 Å². The smallest absolute Gasteiger partial charge is 0.323 e. The summed E-state index contributed by atoms with van der Waals surface area (Å²) in [6.07, 6.45) is 2.91. The third-order valence-corrected chi connectivity index (χ3v) is 7.39. The van der Waals surface area contributed by atoms with Crippen molar-refractivity contribution in [3.8, 4) is 5.75 Å². The minimum Gasteiger partial charge on any atom is -0.480 e. The van der Waals surface area contributed by atoms with Crippen LogP contribution in [0.4, 0.5) is 16.2 Å². The second-order valence-corrected chi connectivity index (χ2v) is 10.8. The van der Waals surface area contributed by atoms with Crippen molar-refractivity contribution in [3.05, 3.63) is 186 Å². The fourth-order valence-corrected chi connectivity index (χ4v) is 5.15. The van der Waals surface area contributed by atoms with E-state index in [0.717, 1.165) is 22.5 Å². The number of hydrogen-bond donors (Lipinski definition) is 2. The lowest BCUT2D eigenvalue weighted by Gasteiger charge is -2.26. The summed E-state index contributed by atoms with van der Waals surface area (Å²) in [5, 5.41) is 5.69. The third-order valence-electron chi connectivity index (χ3n) is 7.39. The second kappa shape index (κ2) is 15.1. The first-order chi connectivity index (χ1) is 23.1. The lowest BCUT2D eigenvalue weighted by molar-refractivity contribution is 0.0719. The number of amides is 3. The number of pyridine rings is 2. The molecule has 2 N–H and O–H groups in total. The van der Waals surface area contributed by atoms with Crippen LogP contribution in [0.15, 0.2) is 158 Å². The summed E-state index contributed by atoms with van der Waals surface area (Å²) in [5.41, 5.74) is 4.67. The molecule has 47 heavy (non-hydrogen) atoms. The van der Waals surface area contributed by atoms with E-state index < -0.39 is 12.1 Å². The molecule has 0 saturated carbocycles. The van der Waals surface area contributed by atoms with E-state index in [-0.39, 0.29) is 24.6 Å². The van der Waals surface area contributed by atoms with E-state index >= 15 is 0 Å². The van der Waals surface area contributed by atoms with Gasteiger partial charge in [-0.25, -0.2) is 4.79 Å². The summed E-state index contributed by atoms with van der Waals surface area (Å²) in [5.74, 6) is 0.0667. The zero-order valence-electron chi connectivity index (χ0n) is 25.6. The summed E-state index contributed by atoms with van der Waals surface area (Å²) in [6.45, 7) is 0.477. The molecule has 0 aliphatic rings. The first-order valence-corrected chi connectivity index (χ1v) is 15.2. The van der Waals surface area contributed by atoms with Gasteiger partial charge in [0.2, 0.25) is 0 Å². The molecule has 3 amide bonds. The van der Waals surface area contributed by atoms with Crippen molar-refractivity contribution in [2.24, 2.45) is 0 Å². The highest BCUT2D eigenvalue weighted by Crippen LogP contribution is 2.33. The highest BCUT2D eigenvalue weighted by molar-refractivity contribution is 6.02. The van der Waals surface area contributed by atoms with Crippen LogP contribution in [-0.4, -0.2) is 26.8 Å². The number of rotatable bonds is 11. The molecule has 2 aromatic heterocycles. The fourth-order valence-electron chi connectivity index (χ4n) is 5.15. The Balaban J connectivity index is 1.38. The number of aromatic nitrogens is 2. The predicted octanol–water partition coefficient (Wildman–Crippen LogP) is 8.13. The first kappa shape index (κ1) is 30.7. The normalized spacial score (nSPS) is 10.7. The molecule has 0 fully saturated rings. The molecule has 0 radical (unpaired) electrons. The molecule has 0 saturated heterocycles. The number of urea groups is 1. The quantitative estimate of drug-likeness (QED) is 0.153. The number of nitrogens with one attached hydrogen (secondary N) is 2. The highest BCUT2D eigenvalue weighted by Gasteiger charge is 2.25. The van der Waals surface area contributed by atoms with Gasteiger partial charge in [-0.1, -0.05) is 91.0 Å². The van der Waals surface area contributed by atoms with Gasteiger partial charge in [0.1, 0.15) is 11.9 Å². The molecule has 0 aliphatic carbocycles. The van der Waals surface area contributed by atoms with Crippen molar-refractivity contribution in [2.75, 3.05) is 10.6 Å². The SMILES string of the molecule is O=C(Nc1ccccc1)Nc1ccc(OC(c2ccccc2)c2ccccc2)c(C(=O)N(Cc2ccccn2)Cc2ccccn2)c1. The van der Waals surface area contributed by atoms with E-state index in [0.29, 0.717) is 17.1 Å². The zero-order chi connectivity index (χ0) is 32.3. The standard InChI is InChI=1S/C39H33N5O3/c45-38(44(27-33-20-10-12-24-40-33)28-34-21-11-13-25-41-34)35-26-32(43-39(46)42-31-18-8-3-9-19-31)22-23-36(35)47-37(29-14-4-1-5-15-29)30-16-6-2-7-17-30/h1-26,37H,27-28H2,(H2,42,43,46). The topological polar surface area (TPSA) is 96.5 Å². The summed E-state index contributed by atoms with van der Waals surface area (Å²) in [7, 11) is 0. The second-order valence-electron chi connectivity index (χ2n) is 10.8. The largest absolute Gasteiger partial charge is 0.480 e.